The standard InChI is InChI=1S/C13H17N5/c1-10(2)17-12-7-13(16-9-15-12)18(3)11-5-4-6-14-8-11/h4-10H,1-3H3,(H,15,16,17). The Morgan fingerprint density at radius 2 is 2.11 bits per heavy atom. The van der Waals surface area contributed by atoms with Crippen LogP contribution in [-0.4, -0.2) is 28.0 Å². The van der Waals surface area contributed by atoms with Crippen molar-refractivity contribution in [2.24, 2.45) is 0 Å². The number of pyridine rings is 1. The minimum absolute atomic E-state index is 0.344. The van der Waals surface area contributed by atoms with Gasteiger partial charge in [0.15, 0.2) is 0 Å². The normalized spacial score (nSPS) is 10.4. The fourth-order valence-corrected chi connectivity index (χ4v) is 1.59. The highest BCUT2D eigenvalue weighted by Crippen LogP contribution is 2.21. The van der Waals surface area contributed by atoms with Crippen molar-refractivity contribution >= 4 is 17.3 Å². The SMILES string of the molecule is CC(C)Nc1cc(N(C)c2cccnc2)ncn1. The largest absolute Gasteiger partial charge is 0.368 e. The van der Waals surface area contributed by atoms with Gasteiger partial charge >= 0.3 is 0 Å². The molecule has 5 heteroatoms. The van der Waals surface area contributed by atoms with Crippen LogP contribution in [-0.2, 0) is 0 Å². The third-order valence-electron chi connectivity index (χ3n) is 2.47. The molecule has 2 aromatic rings. The zero-order chi connectivity index (χ0) is 13.0. The van der Waals surface area contributed by atoms with Crippen molar-refractivity contribution < 1.29 is 0 Å². The monoisotopic (exact) mass is 243 g/mol. The Morgan fingerprint density at radius 1 is 1.28 bits per heavy atom. The van der Waals surface area contributed by atoms with Crippen LogP contribution in [0.4, 0.5) is 17.3 Å². The van der Waals surface area contributed by atoms with E-state index in [1.807, 2.05) is 30.1 Å². The molecule has 18 heavy (non-hydrogen) atoms. The first-order valence-corrected chi connectivity index (χ1v) is 5.89. The van der Waals surface area contributed by atoms with Crippen molar-refractivity contribution in [2.75, 3.05) is 17.3 Å². The van der Waals surface area contributed by atoms with Gasteiger partial charge in [0.1, 0.15) is 18.0 Å². The number of hydrogen-bond acceptors (Lipinski definition) is 5. The first kappa shape index (κ1) is 12.3. The van der Waals surface area contributed by atoms with E-state index in [2.05, 4.69) is 34.1 Å². The molecule has 0 saturated carbocycles. The van der Waals surface area contributed by atoms with Crippen LogP contribution >= 0.6 is 0 Å². The van der Waals surface area contributed by atoms with Gasteiger partial charge in [-0.25, -0.2) is 9.97 Å². The average molecular weight is 243 g/mol. The molecule has 0 aromatic carbocycles. The highest BCUT2D eigenvalue weighted by Gasteiger charge is 2.07. The summed E-state index contributed by atoms with van der Waals surface area (Å²) in [5, 5.41) is 3.26. The Labute approximate surface area is 107 Å². The Morgan fingerprint density at radius 3 is 2.78 bits per heavy atom. The molecule has 0 aliphatic heterocycles. The second kappa shape index (κ2) is 5.44. The molecular formula is C13H17N5. The van der Waals surface area contributed by atoms with Crippen molar-refractivity contribution in [3.63, 3.8) is 0 Å². The molecule has 0 saturated heterocycles. The molecule has 0 radical (unpaired) electrons. The lowest BCUT2D eigenvalue weighted by atomic mass is 10.3. The lowest BCUT2D eigenvalue weighted by Crippen LogP contribution is -2.14. The topological polar surface area (TPSA) is 53.9 Å². The van der Waals surface area contributed by atoms with E-state index in [1.54, 1.807) is 18.7 Å². The predicted octanol–water partition coefficient (Wildman–Crippen LogP) is 2.46. The van der Waals surface area contributed by atoms with E-state index in [4.69, 9.17) is 0 Å². The molecule has 2 rings (SSSR count). The summed E-state index contributed by atoms with van der Waals surface area (Å²) in [5.41, 5.74) is 0.992. The average Bonchev–Trinajstić information content (AvgIpc) is 2.38. The molecule has 2 aromatic heterocycles. The third-order valence-corrected chi connectivity index (χ3v) is 2.47. The van der Waals surface area contributed by atoms with Crippen molar-refractivity contribution in [3.8, 4) is 0 Å². The Kier molecular flexibility index (Phi) is 3.72. The summed E-state index contributed by atoms with van der Waals surface area (Å²) in [6, 6.07) is 6.16. The Balaban J connectivity index is 2.23. The molecule has 2 heterocycles. The van der Waals surface area contributed by atoms with Crippen molar-refractivity contribution in [1.82, 2.24) is 15.0 Å². The van der Waals surface area contributed by atoms with Crippen LogP contribution in [0.15, 0.2) is 36.9 Å². The summed E-state index contributed by atoms with van der Waals surface area (Å²) in [4.78, 5) is 14.5. The molecule has 0 aliphatic rings. The summed E-state index contributed by atoms with van der Waals surface area (Å²) >= 11 is 0. The molecule has 0 aliphatic carbocycles. The van der Waals surface area contributed by atoms with Gasteiger partial charge in [-0.2, -0.15) is 0 Å². The summed E-state index contributed by atoms with van der Waals surface area (Å²) in [5.74, 6) is 1.66. The van der Waals surface area contributed by atoms with Gasteiger partial charge in [-0.05, 0) is 26.0 Å². The second-order valence-electron chi connectivity index (χ2n) is 4.33. The summed E-state index contributed by atoms with van der Waals surface area (Å²) in [6.07, 6.45) is 5.12. The van der Waals surface area contributed by atoms with Gasteiger partial charge in [0.2, 0.25) is 0 Å². The van der Waals surface area contributed by atoms with Crippen LogP contribution in [0.5, 0.6) is 0 Å². The van der Waals surface area contributed by atoms with Gasteiger partial charge in [0.05, 0.1) is 11.9 Å². The van der Waals surface area contributed by atoms with E-state index in [9.17, 15) is 0 Å². The molecule has 1 N–H and O–H groups in total. The molecule has 94 valence electrons. The van der Waals surface area contributed by atoms with E-state index in [-0.39, 0.29) is 0 Å². The molecule has 0 unspecified atom stereocenters. The molecule has 0 fully saturated rings. The lowest BCUT2D eigenvalue weighted by molar-refractivity contribution is 0.885. The quantitative estimate of drug-likeness (QED) is 0.894. The van der Waals surface area contributed by atoms with Crippen LogP contribution in [0.25, 0.3) is 0 Å². The number of anilines is 3. The highest BCUT2D eigenvalue weighted by atomic mass is 15.2. The van der Waals surface area contributed by atoms with Gasteiger partial charge < -0.3 is 10.2 Å². The molecular weight excluding hydrogens is 226 g/mol. The van der Waals surface area contributed by atoms with Crippen LogP contribution in [0.3, 0.4) is 0 Å². The van der Waals surface area contributed by atoms with Crippen molar-refractivity contribution in [1.29, 1.82) is 0 Å². The second-order valence-corrected chi connectivity index (χ2v) is 4.33. The van der Waals surface area contributed by atoms with Gasteiger partial charge in [-0.1, -0.05) is 0 Å². The van der Waals surface area contributed by atoms with Crippen LogP contribution in [0.2, 0.25) is 0 Å². The van der Waals surface area contributed by atoms with Gasteiger partial charge in [0.25, 0.3) is 0 Å². The first-order valence-electron chi connectivity index (χ1n) is 5.89. The molecule has 5 nitrogen and oxygen atoms in total. The maximum absolute atomic E-state index is 4.27. The van der Waals surface area contributed by atoms with Crippen LogP contribution < -0.4 is 10.2 Å². The van der Waals surface area contributed by atoms with Crippen LogP contribution in [0.1, 0.15) is 13.8 Å². The van der Waals surface area contributed by atoms with E-state index in [0.717, 1.165) is 17.3 Å². The minimum atomic E-state index is 0.344. The number of aromatic nitrogens is 3. The molecule has 0 amide bonds. The van der Waals surface area contributed by atoms with E-state index < -0.39 is 0 Å². The molecule has 0 spiro atoms. The molecule has 0 atom stereocenters. The highest BCUT2D eigenvalue weighted by molar-refractivity contribution is 5.60. The molecule has 0 bridgehead atoms. The minimum Gasteiger partial charge on any atom is -0.368 e. The van der Waals surface area contributed by atoms with Gasteiger partial charge in [0, 0.05) is 25.4 Å². The fraction of sp³-hybridized carbons (Fsp3) is 0.308. The number of rotatable bonds is 4. The Hall–Kier alpha value is -2.17. The predicted molar refractivity (Wildman–Crippen MR) is 73.1 cm³/mol. The zero-order valence-corrected chi connectivity index (χ0v) is 10.8. The van der Waals surface area contributed by atoms with Crippen molar-refractivity contribution in [2.45, 2.75) is 19.9 Å². The summed E-state index contributed by atoms with van der Waals surface area (Å²) in [6.45, 7) is 4.15. The number of nitrogens with zero attached hydrogens (tertiary/aromatic N) is 4. The Bertz CT molecular complexity index is 498. The number of nitrogens with one attached hydrogen (secondary N) is 1. The zero-order valence-electron chi connectivity index (χ0n) is 10.8. The van der Waals surface area contributed by atoms with Gasteiger partial charge in [-0.15, -0.1) is 0 Å². The smallest absolute Gasteiger partial charge is 0.138 e. The summed E-state index contributed by atoms with van der Waals surface area (Å²) < 4.78 is 0. The van der Waals surface area contributed by atoms with E-state index in [1.165, 1.54) is 0 Å². The lowest BCUT2D eigenvalue weighted by Gasteiger charge is -2.18. The fourth-order valence-electron chi connectivity index (χ4n) is 1.59. The van der Waals surface area contributed by atoms with E-state index in [0.29, 0.717) is 6.04 Å². The maximum Gasteiger partial charge on any atom is 0.138 e. The third kappa shape index (κ3) is 2.94. The van der Waals surface area contributed by atoms with Gasteiger partial charge in [-0.3, -0.25) is 4.98 Å². The van der Waals surface area contributed by atoms with Crippen molar-refractivity contribution in [3.05, 3.63) is 36.9 Å². The van der Waals surface area contributed by atoms with Crippen LogP contribution in [0, 0.1) is 0 Å². The summed E-state index contributed by atoms with van der Waals surface area (Å²) in [7, 11) is 1.96. The number of hydrogen-bond donors (Lipinski definition) is 1. The van der Waals surface area contributed by atoms with E-state index >= 15 is 0 Å². The maximum atomic E-state index is 4.27. The first-order chi connectivity index (χ1) is 8.66.